The molecule has 0 atom stereocenters. The maximum atomic E-state index is 2.75. The number of nitrogens with zero attached hydrogens (tertiary/aromatic N) is 2. The summed E-state index contributed by atoms with van der Waals surface area (Å²) in [6.45, 7) is 46.7. The van der Waals surface area contributed by atoms with Gasteiger partial charge in [-0.05, 0) is 197 Å². The first kappa shape index (κ1) is 45.5. The zero-order valence-electron chi connectivity index (χ0n) is 44.6. The van der Waals surface area contributed by atoms with Crippen LogP contribution < -0.4 is 26.2 Å². The van der Waals surface area contributed by atoms with Gasteiger partial charge in [0.1, 0.15) is 0 Å². The van der Waals surface area contributed by atoms with Crippen molar-refractivity contribution in [3.8, 4) is 0 Å². The smallest absolute Gasteiger partial charge is 0.252 e. The second-order valence-corrected chi connectivity index (χ2v) is 27.5. The molecule has 2 nitrogen and oxygen atoms in total. The van der Waals surface area contributed by atoms with Gasteiger partial charge in [0, 0.05) is 34.1 Å². The van der Waals surface area contributed by atoms with E-state index < -0.39 is 0 Å². The Labute approximate surface area is 401 Å². The molecule has 0 spiro atoms. The van der Waals surface area contributed by atoms with E-state index in [1.54, 1.807) is 5.56 Å². The first-order valence-corrected chi connectivity index (χ1v) is 25.9. The number of benzene rings is 5. The molecule has 5 aromatic carbocycles. The number of anilines is 6. The van der Waals surface area contributed by atoms with E-state index in [1.165, 1.54) is 121 Å². The van der Waals surface area contributed by atoms with Crippen LogP contribution in [0, 0.1) is 0 Å². The maximum absolute atomic E-state index is 2.75. The molecule has 0 radical (unpaired) electrons. The van der Waals surface area contributed by atoms with Gasteiger partial charge in [-0.2, -0.15) is 0 Å². The molecule has 0 N–H and O–H groups in total. The number of rotatable bonds is 4. The molecule has 346 valence electrons. The second kappa shape index (κ2) is 14.2. The third kappa shape index (κ3) is 6.68. The summed E-state index contributed by atoms with van der Waals surface area (Å²) in [4.78, 5) is 5.47. The Morgan fingerprint density at radius 3 is 1.32 bits per heavy atom. The molecule has 0 saturated heterocycles. The van der Waals surface area contributed by atoms with E-state index in [-0.39, 0.29) is 44.6 Å². The van der Waals surface area contributed by atoms with Crippen LogP contribution in [0.2, 0.25) is 0 Å². The van der Waals surface area contributed by atoms with E-state index in [4.69, 9.17) is 0 Å². The van der Waals surface area contributed by atoms with Gasteiger partial charge in [-0.1, -0.05) is 156 Å². The number of hydrogen-bond acceptors (Lipinski definition) is 2. The summed E-state index contributed by atoms with van der Waals surface area (Å²) in [5.41, 5.74) is 26.3. The molecule has 2 aliphatic heterocycles. The monoisotopic (exact) mass is 877 g/mol. The highest BCUT2D eigenvalue weighted by atomic mass is 15.2. The molecule has 0 fully saturated rings. The Kier molecular flexibility index (Phi) is 9.78. The lowest BCUT2D eigenvalue weighted by molar-refractivity contribution is 0.332. The molecule has 5 aliphatic rings. The SMILES string of the molecule is CC(C)c1cc2c3c(c1)N(c1ccc(C(C)(C)C)c(C(C)C)c1)c1cc4c(cc1B3c1cc3c(cc1N2c1ccc2c(c1)C(C)(C)CCC2(C)C)C(C)(C)CCC3(C)C)C(C)(C)CC4(C)C. The predicted molar refractivity (Wildman–Crippen MR) is 289 cm³/mol. The fraction of sp³-hybridized carbons (Fsp3) is 0.524. The minimum atomic E-state index is 0.0422. The van der Waals surface area contributed by atoms with Crippen LogP contribution in [0.5, 0.6) is 0 Å². The van der Waals surface area contributed by atoms with Crippen LogP contribution >= 0.6 is 0 Å². The van der Waals surface area contributed by atoms with Gasteiger partial charge < -0.3 is 9.80 Å². The first-order valence-electron chi connectivity index (χ1n) is 25.9. The predicted octanol–water partition coefficient (Wildman–Crippen LogP) is 16.0. The summed E-state index contributed by atoms with van der Waals surface area (Å²) >= 11 is 0. The van der Waals surface area contributed by atoms with Crippen molar-refractivity contribution in [1.29, 1.82) is 0 Å². The highest BCUT2D eigenvalue weighted by Gasteiger charge is 2.50. The van der Waals surface area contributed by atoms with E-state index >= 15 is 0 Å². The van der Waals surface area contributed by atoms with Crippen LogP contribution in [0.3, 0.4) is 0 Å². The van der Waals surface area contributed by atoms with Crippen LogP contribution in [0.25, 0.3) is 0 Å². The van der Waals surface area contributed by atoms with Gasteiger partial charge in [0.2, 0.25) is 0 Å². The molecule has 5 aromatic rings. The van der Waals surface area contributed by atoms with Crippen LogP contribution in [0.1, 0.15) is 226 Å². The average molecular weight is 877 g/mol. The van der Waals surface area contributed by atoms with E-state index in [2.05, 4.69) is 214 Å². The summed E-state index contributed by atoms with van der Waals surface area (Å²) in [5.74, 6) is 0.739. The third-order valence-corrected chi connectivity index (χ3v) is 18.0. The lowest BCUT2D eigenvalue weighted by Crippen LogP contribution is -2.62. The van der Waals surface area contributed by atoms with Crippen LogP contribution in [0.4, 0.5) is 34.1 Å². The standard InChI is InChI=1S/C63H81BN2/c1-37(2)39-28-54-56-55(29-39)66(41-21-23-44-45(31-41)59(10,11)25-24-58(44,8)9)52-34-48-46(60(12,13)26-27-61(48,14)15)32-50(52)64(56)51-33-47-49(63(18,19)36-62(47,16)17)35-53(51)65(54)40-20-22-43(57(5,6)7)42(30-40)38(3)4/h20-23,28-35,37-38H,24-27,36H2,1-19H3. The van der Waals surface area contributed by atoms with Crippen LogP contribution in [-0.2, 0) is 37.9 Å². The molecule has 66 heavy (non-hydrogen) atoms. The molecular weight excluding hydrogens is 796 g/mol. The van der Waals surface area contributed by atoms with Gasteiger partial charge >= 0.3 is 0 Å². The Morgan fingerprint density at radius 2 is 0.848 bits per heavy atom. The minimum absolute atomic E-state index is 0.0422. The zero-order chi connectivity index (χ0) is 47.8. The van der Waals surface area contributed by atoms with Crippen molar-refractivity contribution in [3.05, 3.63) is 123 Å². The second-order valence-electron chi connectivity index (χ2n) is 27.5. The Bertz CT molecular complexity index is 2850. The molecule has 0 amide bonds. The van der Waals surface area contributed by atoms with Gasteiger partial charge in [-0.3, -0.25) is 0 Å². The van der Waals surface area contributed by atoms with Crippen molar-refractivity contribution in [2.45, 2.75) is 213 Å². The zero-order valence-corrected chi connectivity index (χ0v) is 44.6. The summed E-state index contributed by atoms with van der Waals surface area (Å²) in [6, 6.07) is 31.1. The quantitative estimate of drug-likeness (QED) is 0.163. The number of hydrogen-bond donors (Lipinski definition) is 0. The number of fused-ring (bicyclic) bond motifs is 7. The minimum Gasteiger partial charge on any atom is -0.311 e. The van der Waals surface area contributed by atoms with Crippen molar-refractivity contribution in [1.82, 2.24) is 0 Å². The molecule has 0 saturated carbocycles. The lowest BCUT2D eigenvalue weighted by atomic mass is 9.32. The van der Waals surface area contributed by atoms with E-state index in [1.807, 2.05) is 0 Å². The molecule has 0 unspecified atom stereocenters. The van der Waals surface area contributed by atoms with Gasteiger partial charge in [0.25, 0.3) is 6.71 Å². The van der Waals surface area contributed by atoms with E-state index in [0.717, 1.165) is 6.42 Å². The van der Waals surface area contributed by atoms with Crippen molar-refractivity contribution < 1.29 is 0 Å². The molecule has 0 bridgehead atoms. The molecular formula is C63H81BN2. The molecule has 3 heteroatoms. The van der Waals surface area contributed by atoms with Crippen molar-refractivity contribution in [3.63, 3.8) is 0 Å². The normalized spacial score (nSPS) is 21.0. The van der Waals surface area contributed by atoms with Gasteiger partial charge in [0.05, 0.1) is 0 Å². The highest BCUT2D eigenvalue weighted by molar-refractivity contribution is 7.00. The Hall–Kier alpha value is -4.24. The van der Waals surface area contributed by atoms with Crippen molar-refractivity contribution in [2.75, 3.05) is 9.80 Å². The average Bonchev–Trinajstić information content (AvgIpc) is 3.40. The molecule has 0 aromatic heterocycles. The van der Waals surface area contributed by atoms with Gasteiger partial charge in [0.15, 0.2) is 0 Å². The van der Waals surface area contributed by atoms with Crippen LogP contribution in [0.15, 0.2) is 72.8 Å². The third-order valence-electron chi connectivity index (χ3n) is 18.0. The molecule has 10 rings (SSSR count). The fourth-order valence-electron chi connectivity index (χ4n) is 14.0. The Morgan fingerprint density at radius 1 is 0.439 bits per heavy atom. The molecule has 3 aliphatic carbocycles. The maximum Gasteiger partial charge on any atom is 0.252 e. The lowest BCUT2D eigenvalue weighted by Gasteiger charge is -2.48. The fourth-order valence-corrected chi connectivity index (χ4v) is 14.0. The summed E-state index contributed by atoms with van der Waals surface area (Å²) < 4.78 is 0. The van der Waals surface area contributed by atoms with Gasteiger partial charge in [-0.25, -0.2) is 0 Å². The Balaban J connectivity index is 1.37. The van der Waals surface area contributed by atoms with Crippen molar-refractivity contribution >= 4 is 57.2 Å². The van der Waals surface area contributed by atoms with Crippen molar-refractivity contribution in [2.24, 2.45) is 0 Å². The van der Waals surface area contributed by atoms with E-state index in [0.29, 0.717) is 11.8 Å². The van der Waals surface area contributed by atoms with Gasteiger partial charge in [-0.15, -0.1) is 0 Å². The van der Waals surface area contributed by atoms with E-state index in [9.17, 15) is 0 Å². The topological polar surface area (TPSA) is 6.48 Å². The first-order chi connectivity index (χ1) is 30.4. The van der Waals surface area contributed by atoms with Crippen LogP contribution in [-0.4, -0.2) is 6.71 Å². The molecule has 2 heterocycles. The largest absolute Gasteiger partial charge is 0.311 e. The summed E-state index contributed by atoms with van der Waals surface area (Å²) in [5, 5.41) is 0. The highest BCUT2D eigenvalue weighted by Crippen LogP contribution is 2.55. The summed E-state index contributed by atoms with van der Waals surface area (Å²) in [6.07, 6.45) is 5.93. The summed E-state index contributed by atoms with van der Waals surface area (Å²) in [7, 11) is 0.